The van der Waals surface area contributed by atoms with Crippen molar-refractivity contribution in [3.63, 3.8) is 0 Å². The first-order chi connectivity index (χ1) is 16.0. The van der Waals surface area contributed by atoms with Crippen molar-refractivity contribution >= 4 is 69.1 Å². The quantitative estimate of drug-likeness (QED) is 0.348. The summed E-state index contributed by atoms with van der Waals surface area (Å²) in [6.07, 6.45) is 0. The van der Waals surface area contributed by atoms with Crippen molar-refractivity contribution in [2.75, 3.05) is 27.5 Å². The minimum Gasteiger partial charge on any atom is -0.326 e. The number of benzene rings is 2. The monoisotopic (exact) mass is 500 g/mol. The lowest BCUT2D eigenvalue weighted by Crippen LogP contribution is -2.14. The molecular formula is C23H24N4O3S3. The SMILES string of the molecule is CC(=O)Nc1ccc(NC(=O)CSCc2csc(NC(=O)CSCc3ccccc3)n2)cc1. The first-order valence-electron chi connectivity index (χ1n) is 10.1. The van der Waals surface area contributed by atoms with E-state index in [9.17, 15) is 14.4 Å². The van der Waals surface area contributed by atoms with Crippen molar-refractivity contribution in [2.24, 2.45) is 0 Å². The van der Waals surface area contributed by atoms with E-state index in [1.165, 1.54) is 35.6 Å². The number of carbonyl (C=O) groups is 3. The second-order valence-electron chi connectivity index (χ2n) is 6.97. The molecule has 0 fully saturated rings. The number of aromatic nitrogens is 1. The summed E-state index contributed by atoms with van der Waals surface area (Å²) in [5.41, 5.74) is 3.36. The third-order valence-corrected chi connectivity index (χ3v) is 6.89. The number of nitrogens with zero attached hydrogens (tertiary/aromatic N) is 1. The average molecular weight is 501 g/mol. The summed E-state index contributed by atoms with van der Waals surface area (Å²) in [5.74, 6) is 1.67. The van der Waals surface area contributed by atoms with Gasteiger partial charge in [0.15, 0.2) is 5.13 Å². The first kappa shape index (κ1) is 24.8. The van der Waals surface area contributed by atoms with E-state index in [1.54, 1.807) is 36.0 Å². The van der Waals surface area contributed by atoms with Gasteiger partial charge in [-0.3, -0.25) is 14.4 Å². The van der Waals surface area contributed by atoms with Crippen LogP contribution in [0.1, 0.15) is 18.2 Å². The fourth-order valence-electron chi connectivity index (χ4n) is 2.71. The largest absolute Gasteiger partial charge is 0.326 e. The van der Waals surface area contributed by atoms with Crippen molar-refractivity contribution in [1.29, 1.82) is 0 Å². The molecule has 0 aliphatic rings. The van der Waals surface area contributed by atoms with Gasteiger partial charge >= 0.3 is 0 Å². The van der Waals surface area contributed by atoms with Gasteiger partial charge in [-0.2, -0.15) is 0 Å². The molecule has 7 nitrogen and oxygen atoms in total. The van der Waals surface area contributed by atoms with Crippen LogP contribution in [0.15, 0.2) is 60.0 Å². The fraction of sp³-hybridized carbons (Fsp3) is 0.217. The predicted octanol–water partition coefficient (Wildman–Crippen LogP) is 4.85. The molecule has 172 valence electrons. The van der Waals surface area contributed by atoms with Crippen molar-refractivity contribution in [3.05, 3.63) is 71.2 Å². The predicted molar refractivity (Wildman–Crippen MR) is 139 cm³/mol. The van der Waals surface area contributed by atoms with Crippen LogP contribution >= 0.6 is 34.9 Å². The third-order valence-electron chi connectivity index (χ3n) is 4.11. The Morgan fingerprint density at radius 1 is 0.818 bits per heavy atom. The van der Waals surface area contributed by atoms with E-state index >= 15 is 0 Å². The molecule has 3 rings (SSSR count). The molecule has 0 spiro atoms. The second-order valence-corrected chi connectivity index (χ2v) is 9.80. The molecule has 3 N–H and O–H groups in total. The molecular weight excluding hydrogens is 476 g/mol. The van der Waals surface area contributed by atoms with Gasteiger partial charge in [0.1, 0.15) is 0 Å². The first-order valence-corrected chi connectivity index (χ1v) is 13.3. The molecule has 0 saturated carbocycles. The van der Waals surface area contributed by atoms with Crippen LogP contribution in [0.4, 0.5) is 16.5 Å². The number of hydrogen-bond donors (Lipinski definition) is 3. The van der Waals surface area contributed by atoms with Crippen LogP contribution < -0.4 is 16.0 Å². The van der Waals surface area contributed by atoms with E-state index in [0.29, 0.717) is 28.0 Å². The number of carbonyl (C=O) groups excluding carboxylic acids is 3. The van der Waals surface area contributed by atoms with E-state index in [-0.39, 0.29) is 23.5 Å². The molecule has 10 heteroatoms. The molecule has 2 aromatic carbocycles. The molecule has 3 amide bonds. The van der Waals surface area contributed by atoms with E-state index < -0.39 is 0 Å². The molecule has 0 unspecified atom stereocenters. The zero-order valence-electron chi connectivity index (χ0n) is 18.0. The fourth-order valence-corrected chi connectivity index (χ4v) is 5.04. The van der Waals surface area contributed by atoms with Gasteiger partial charge in [-0.25, -0.2) is 4.98 Å². The van der Waals surface area contributed by atoms with Crippen molar-refractivity contribution in [3.8, 4) is 0 Å². The van der Waals surface area contributed by atoms with E-state index in [2.05, 4.69) is 20.9 Å². The Morgan fingerprint density at radius 3 is 2.09 bits per heavy atom. The summed E-state index contributed by atoms with van der Waals surface area (Å²) in [7, 11) is 0. The van der Waals surface area contributed by atoms with Crippen LogP contribution in [0.25, 0.3) is 0 Å². The Balaban J connectivity index is 1.33. The van der Waals surface area contributed by atoms with Gasteiger partial charge in [-0.15, -0.1) is 34.9 Å². The summed E-state index contributed by atoms with van der Waals surface area (Å²) in [5, 5.41) is 10.8. The van der Waals surface area contributed by atoms with E-state index in [0.717, 1.165) is 11.4 Å². The highest BCUT2D eigenvalue weighted by Gasteiger charge is 2.09. The number of amides is 3. The maximum atomic E-state index is 12.1. The van der Waals surface area contributed by atoms with Crippen LogP contribution in [0, 0.1) is 0 Å². The number of nitrogens with one attached hydrogen (secondary N) is 3. The zero-order chi connectivity index (χ0) is 23.5. The number of hydrogen-bond acceptors (Lipinski definition) is 7. The van der Waals surface area contributed by atoms with Gasteiger partial charge in [0.25, 0.3) is 0 Å². The Labute approximate surface area is 205 Å². The van der Waals surface area contributed by atoms with Gasteiger partial charge in [0.2, 0.25) is 17.7 Å². The van der Waals surface area contributed by atoms with Crippen LogP contribution in [0.3, 0.4) is 0 Å². The molecule has 0 radical (unpaired) electrons. The number of rotatable bonds is 11. The second kappa shape index (κ2) is 13.0. The van der Waals surface area contributed by atoms with Crippen LogP contribution in [0.5, 0.6) is 0 Å². The summed E-state index contributed by atoms with van der Waals surface area (Å²) < 4.78 is 0. The number of thiazole rings is 1. The van der Waals surface area contributed by atoms with Gasteiger partial charge in [0, 0.05) is 35.2 Å². The maximum absolute atomic E-state index is 12.1. The molecule has 1 aromatic heterocycles. The Morgan fingerprint density at radius 2 is 1.42 bits per heavy atom. The average Bonchev–Trinajstić information content (AvgIpc) is 3.22. The summed E-state index contributed by atoms with van der Waals surface area (Å²) in [6, 6.07) is 17.0. The van der Waals surface area contributed by atoms with Gasteiger partial charge in [-0.1, -0.05) is 30.3 Å². The summed E-state index contributed by atoms with van der Waals surface area (Å²) in [4.78, 5) is 39.7. The van der Waals surface area contributed by atoms with Gasteiger partial charge in [-0.05, 0) is 29.8 Å². The maximum Gasteiger partial charge on any atom is 0.236 e. The molecule has 0 bridgehead atoms. The smallest absolute Gasteiger partial charge is 0.236 e. The van der Waals surface area contributed by atoms with Crippen molar-refractivity contribution < 1.29 is 14.4 Å². The summed E-state index contributed by atoms with van der Waals surface area (Å²) in [6.45, 7) is 1.44. The normalized spacial score (nSPS) is 10.5. The Bertz CT molecular complexity index is 1070. The third kappa shape index (κ3) is 9.29. The standard InChI is InChI=1S/C23H24N4O3S3/c1-16(28)24-18-7-9-19(10-8-18)25-21(29)14-32-12-20-13-33-23(26-20)27-22(30)15-31-11-17-5-3-2-4-6-17/h2-10,13H,11-12,14-15H2,1H3,(H,24,28)(H,25,29)(H,26,27,30). The topological polar surface area (TPSA) is 100 Å². The number of thioether (sulfide) groups is 2. The lowest BCUT2D eigenvalue weighted by molar-refractivity contribution is -0.114. The van der Waals surface area contributed by atoms with Crippen molar-refractivity contribution in [2.45, 2.75) is 18.4 Å². The highest BCUT2D eigenvalue weighted by Crippen LogP contribution is 2.21. The number of anilines is 3. The lowest BCUT2D eigenvalue weighted by Gasteiger charge is -2.06. The lowest BCUT2D eigenvalue weighted by atomic mass is 10.2. The molecule has 0 atom stereocenters. The van der Waals surface area contributed by atoms with E-state index in [1.807, 2.05) is 35.7 Å². The van der Waals surface area contributed by atoms with Crippen LogP contribution in [0.2, 0.25) is 0 Å². The molecule has 0 aliphatic carbocycles. The molecule has 33 heavy (non-hydrogen) atoms. The molecule has 0 aliphatic heterocycles. The zero-order valence-corrected chi connectivity index (χ0v) is 20.4. The molecule has 0 saturated heterocycles. The highest BCUT2D eigenvalue weighted by molar-refractivity contribution is 7.99. The van der Waals surface area contributed by atoms with Crippen LogP contribution in [-0.2, 0) is 25.9 Å². The highest BCUT2D eigenvalue weighted by atomic mass is 32.2. The van der Waals surface area contributed by atoms with Gasteiger partial charge < -0.3 is 16.0 Å². The Hall–Kier alpha value is -2.82. The molecule has 3 aromatic rings. The van der Waals surface area contributed by atoms with Crippen molar-refractivity contribution in [1.82, 2.24) is 4.98 Å². The minimum absolute atomic E-state index is 0.0756. The van der Waals surface area contributed by atoms with E-state index in [4.69, 9.17) is 0 Å². The minimum atomic E-state index is -0.144. The Kier molecular flexibility index (Phi) is 9.79. The van der Waals surface area contributed by atoms with Gasteiger partial charge in [0.05, 0.1) is 17.2 Å². The molecule has 1 heterocycles. The summed E-state index contributed by atoms with van der Waals surface area (Å²) >= 11 is 4.38. The van der Waals surface area contributed by atoms with Crippen LogP contribution in [-0.4, -0.2) is 34.2 Å².